The maximum atomic E-state index is 13.7. The number of para-hydroxylation sites is 1. The summed E-state index contributed by atoms with van der Waals surface area (Å²) in [5.74, 6) is -1.15. The molecule has 132 valence electrons. The van der Waals surface area contributed by atoms with Gasteiger partial charge in [-0.3, -0.25) is 4.98 Å². The Morgan fingerprint density at radius 3 is 2.80 bits per heavy atom. The zero-order valence-corrected chi connectivity index (χ0v) is 14.0. The van der Waals surface area contributed by atoms with Crippen LogP contribution in [0.5, 0.6) is 5.75 Å². The third-order valence-corrected chi connectivity index (χ3v) is 4.17. The Morgan fingerprint density at radius 2 is 2.08 bits per heavy atom. The van der Waals surface area contributed by atoms with Crippen molar-refractivity contribution in [1.82, 2.24) is 9.88 Å². The van der Waals surface area contributed by atoms with Crippen molar-refractivity contribution in [3.05, 3.63) is 53.3 Å². The van der Waals surface area contributed by atoms with E-state index >= 15 is 0 Å². The predicted molar refractivity (Wildman–Crippen MR) is 89.8 cm³/mol. The summed E-state index contributed by atoms with van der Waals surface area (Å²) in [7, 11) is 0. The van der Waals surface area contributed by atoms with Crippen LogP contribution in [0.3, 0.4) is 0 Å². The van der Waals surface area contributed by atoms with E-state index in [0.717, 1.165) is 18.6 Å². The normalized spacial score (nSPS) is 17.2. The predicted octanol–water partition coefficient (Wildman–Crippen LogP) is 4.09. The number of urea groups is 1. The molecule has 2 aromatic rings. The molecule has 2 heterocycles. The molecule has 5 nitrogen and oxygen atoms in total. The van der Waals surface area contributed by atoms with Gasteiger partial charge in [0.15, 0.2) is 0 Å². The number of piperidine rings is 1. The second-order valence-electron chi connectivity index (χ2n) is 5.66. The molecule has 1 aliphatic rings. The van der Waals surface area contributed by atoms with Crippen LogP contribution < -0.4 is 10.1 Å². The van der Waals surface area contributed by atoms with E-state index in [2.05, 4.69) is 10.3 Å². The smallest absolute Gasteiger partial charge is 0.322 e. The van der Waals surface area contributed by atoms with Crippen LogP contribution in [0.4, 0.5) is 19.3 Å². The fourth-order valence-electron chi connectivity index (χ4n) is 2.66. The Balaban J connectivity index is 1.65. The molecular weight excluding hydrogens is 352 g/mol. The molecule has 0 saturated carbocycles. The Kier molecular flexibility index (Phi) is 5.33. The summed E-state index contributed by atoms with van der Waals surface area (Å²) in [5, 5.41) is 2.68. The molecular formula is C17H16ClF2N3O2. The number of rotatable bonds is 3. The quantitative estimate of drug-likeness (QED) is 0.889. The molecule has 1 N–H and O–H groups in total. The number of nitrogens with zero attached hydrogens (tertiary/aromatic N) is 2. The van der Waals surface area contributed by atoms with E-state index in [1.165, 1.54) is 17.2 Å². The number of carbonyl (C=O) groups excluding carboxylic acids is 1. The van der Waals surface area contributed by atoms with Crippen LogP contribution in [0.1, 0.15) is 12.8 Å². The number of hydrogen-bond donors (Lipinski definition) is 1. The Bertz CT molecular complexity index is 755. The van der Waals surface area contributed by atoms with Crippen molar-refractivity contribution in [3.63, 3.8) is 0 Å². The van der Waals surface area contributed by atoms with Gasteiger partial charge in [-0.1, -0.05) is 17.7 Å². The number of aromatic nitrogens is 1. The highest BCUT2D eigenvalue weighted by atomic mass is 35.5. The van der Waals surface area contributed by atoms with Gasteiger partial charge < -0.3 is 15.0 Å². The average Bonchev–Trinajstić information content (AvgIpc) is 2.60. The Morgan fingerprint density at radius 1 is 1.32 bits per heavy atom. The zero-order chi connectivity index (χ0) is 17.8. The first kappa shape index (κ1) is 17.4. The van der Waals surface area contributed by atoms with Gasteiger partial charge in [-0.25, -0.2) is 13.6 Å². The molecule has 0 bridgehead atoms. The minimum Gasteiger partial charge on any atom is -0.487 e. The Labute approximate surface area is 148 Å². The first-order valence-electron chi connectivity index (χ1n) is 7.80. The van der Waals surface area contributed by atoms with E-state index in [1.54, 1.807) is 12.3 Å². The number of hydrogen-bond acceptors (Lipinski definition) is 3. The van der Waals surface area contributed by atoms with Crippen LogP contribution in [-0.4, -0.2) is 35.1 Å². The number of anilines is 1. The zero-order valence-electron chi connectivity index (χ0n) is 13.2. The molecule has 25 heavy (non-hydrogen) atoms. The van der Waals surface area contributed by atoms with Gasteiger partial charge in [0.25, 0.3) is 0 Å². The van der Waals surface area contributed by atoms with Gasteiger partial charge in [-0.15, -0.1) is 0 Å². The maximum Gasteiger partial charge on any atom is 0.322 e. The number of ether oxygens (including phenoxy) is 1. The van der Waals surface area contributed by atoms with E-state index in [1.807, 2.05) is 0 Å². The van der Waals surface area contributed by atoms with Crippen LogP contribution >= 0.6 is 11.6 Å². The van der Waals surface area contributed by atoms with E-state index < -0.39 is 23.4 Å². The van der Waals surface area contributed by atoms with Gasteiger partial charge in [0, 0.05) is 25.0 Å². The molecule has 2 amide bonds. The summed E-state index contributed by atoms with van der Waals surface area (Å²) in [6.07, 6.45) is 4.24. The SMILES string of the molecule is O=C(Nc1c(F)cccc1F)N1CCC[C@H](Oc2ccncc2Cl)C1. The lowest BCUT2D eigenvalue weighted by atomic mass is 10.1. The molecule has 0 unspecified atom stereocenters. The fraction of sp³-hybridized carbons (Fsp3) is 0.294. The number of halogens is 3. The summed E-state index contributed by atoms with van der Waals surface area (Å²) in [4.78, 5) is 17.7. The third kappa shape index (κ3) is 4.17. The second kappa shape index (κ2) is 7.65. The molecule has 0 radical (unpaired) electrons. The minimum absolute atomic E-state index is 0.259. The summed E-state index contributed by atoms with van der Waals surface area (Å²) in [5.41, 5.74) is -0.451. The second-order valence-corrected chi connectivity index (χ2v) is 6.07. The molecule has 3 rings (SSSR count). The molecule has 1 aromatic heterocycles. The van der Waals surface area contributed by atoms with Gasteiger partial charge in [0.1, 0.15) is 34.2 Å². The molecule has 0 spiro atoms. The van der Waals surface area contributed by atoms with Crippen molar-refractivity contribution in [2.45, 2.75) is 18.9 Å². The van der Waals surface area contributed by atoms with Crippen molar-refractivity contribution < 1.29 is 18.3 Å². The summed E-state index contributed by atoms with van der Waals surface area (Å²) in [6, 6.07) is 4.50. The highest BCUT2D eigenvalue weighted by Crippen LogP contribution is 2.26. The number of carbonyl (C=O) groups is 1. The van der Waals surface area contributed by atoms with E-state index in [-0.39, 0.29) is 6.10 Å². The number of amides is 2. The highest BCUT2D eigenvalue weighted by molar-refractivity contribution is 6.31. The molecule has 1 saturated heterocycles. The van der Waals surface area contributed by atoms with Gasteiger partial charge in [0.05, 0.1) is 6.54 Å². The molecule has 0 aliphatic carbocycles. The maximum absolute atomic E-state index is 13.7. The van der Waals surface area contributed by atoms with Crippen LogP contribution in [0.15, 0.2) is 36.7 Å². The highest BCUT2D eigenvalue weighted by Gasteiger charge is 2.26. The van der Waals surface area contributed by atoms with E-state index in [9.17, 15) is 13.6 Å². The van der Waals surface area contributed by atoms with Crippen LogP contribution in [-0.2, 0) is 0 Å². The molecule has 8 heteroatoms. The number of benzene rings is 1. The summed E-state index contributed by atoms with van der Waals surface area (Å²) < 4.78 is 33.2. The van der Waals surface area contributed by atoms with Crippen LogP contribution in [0, 0.1) is 11.6 Å². The van der Waals surface area contributed by atoms with Gasteiger partial charge in [-0.05, 0) is 25.0 Å². The number of likely N-dealkylation sites (tertiary alicyclic amines) is 1. The van der Waals surface area contributed by atoms with Crippen molar-refractivity contribution in [2.75, 3.05) is 18.4 Å². The number of pyridine rings is 1. The fourth-order valence-corrected chi connectivity index (χ4v) is 2.82. The van der Waals surface area contributed by atoms with Gasteiger partial charge in [-0.2, -0.15) is 0 Å². The van der Waals surface area contributed by atoms with Crippen molar-refractivity contribution in [3.8, 4) is 5.75 Å². The molecule has 1 atom stereocenters. The summed E-state index contributed by atoms with van der Waals surface area (Å²) >= 11 is 6.02. The molecule has 1 aliphatic heterocycles. The van der Waals surface area contributed by atoms with Crippen molar-refractivity contribution in [1.29, 1.82) is 0 Å². The molecule has 1 fully saturated rings. The minimum atomic E-state index is -0.818. The van der Waals surface area contributed by atoms with Gasteiger partial charge in [0.2, 0.25) is 0 Å². The van der Waals surface area contributed by atoms with E-state index in [0.29, 0.717) is 30.3 Å². The third-order valence-electron chi connectivity index (χ3n) is 3.89. The lowest BCUT2D eigenvalue weighted by Crippen LogP contribution is -2.46. The topological polar surface area (TPSA) is 54.5 Å². The summed E-state index contributed by atoms with van der Waals surface area (Å²) in [6.45, 7) is 0.770. The lowest BCUT2D eigenvalue weighted by molar-refractivity contribution is 0.106. The average molecular weight is 368 g/mol. The largest absolute Gasteiger partial charge is 0.487 e. The van der Waals surface area contributed by atoms with E-state index in [4.69, 9.17) is 16.3 Å². The lowest BCUT2D eigenvalue weighted by Gasteiger charge is -2.33. The van der Waals surface area contributed by atoms with Crippen molar-refractivity contribution in [2.24, 2.45) is 0 Å². The number of nitrogens with one attached hydrogen (secondary N) is 1. The Hall–Kier alpha value is -2.41. The van der Waals surface area contributed by atoms with Crippen molar-refractivity contribution >= 4 is 23.3 Å². The first-order valence-corrected chi connectivity index (χ1v) is 8.18. The first-order chi connectivity index (χ1) is 12.0. The van der Waals surface area contributed by atoms with Crippen LogP contribution in [0.25, 0.3) is 0 Å². The van der Waals surface area contributed by atoms with Gasteiger partial charge >= 0.3 is 6.03 Å². The standard InChI is InChI=1S/C17H16ClF2N3O2/c18-12-9-21-7-6-15(12)25-11-3-2-8-23(10-11)17(24)22-16-13(19)4-1-5-14(16)20/h1,4-7,9,11H,2-3,8,10H2,(H,22,24)/t11-/m0/s1. The monoisotopic (exact) mass is 367 g/mol. The molecule has 1 aromatic carbocycles. The van der Waals surface area contributed by atoms with Crippen LogP contribution in [0.2, 0.25) is 5.02 Å².